The van der Waals surface area contributed by atoms with Gasteiger partial charge in [0.1, 0.15) is 0 Å². The standard InChI is InChI=1S/C18H25ClN6S.HI/c1-20-17(21-12-14-13-26-18(22-14)23(2)3)25-10-8-24(9-11-25)16-7-5-4-6-15(16)19;/h4-7,13H,8-12H2,1-3H3,(H,20,21);1H. The molecule has 0 radical (unpaired) electrons. The Hall–Kier alpha value is -1.26. The summed E-state index contributed by atoms with van der Waals surface area (Å²) < 4.78 is 0. The van der Waals surface area contributed by atoms with Crippen molar-refractivity contribution in [2.45, 2.75) is 6.54 Å². The van der Waals surface area contributed by atoms with Crippen molar-refractivity contribution in [2.24, 2.45) is 4.99 Å². The molecule has 1 saturated heterocycles. The first-order chi connectivity index (χ1) is 12.6. The van der Waals surface area contributed by atoms with Gasteiger partial charge >= 0.3 is 0 Å². The van der Waals surface area contributed by atoms with Crippen molar-refractivity contribution in [3.63, 3.8) is 0 Å². The fourth-order valence-corrected chi connectivity index (χ4v) is 3.97. The highest BCUT2D eigenvalue weighted by atomic mass is 127. The van der Waals surface area contributed by atoms with E-state index in [0.29, 0.717) is 6.54 Å². The summed E-state index contributed by atoms with van der Waals surface area (Å²) in [5, 5.41) is 7.35. The van der Waals surface area contributed by atoms with E-state index in [-0.39, 0.29) is 24.0 Å². The summed E-state index contributed by atoms with van der Waals surface area (Å²) in [5.41, 5.74) is 2.14. The SMILES string of the molecule is CN=C(NCc1csc(N(C)C)n1)N1CCN(c2ccccc2Cl)CC1.I. The number of aromatic nitrogens is 1. The molecular formula is C18H26ClIN6S. The lowest BCUT2D eigenvalue weighted by Crippen LogP contribution is -2.52. The minimum absolute atomic E-state index is 0. The van der Waals surface area contributed by atoms with Crippen molar-refractivity contribution >= 4 is 63.7 Å². The van der Waals surface area contributed by atoms with Gasteiger partial charge in [-0.3, -0.25) is 4.99 Å². The number of hydrogen-bond donors (Lipinski definition) is 1. The lowest BCUT2D eigenvalue weighted by molar-refractivity contribution is 0.372. The van der Waals surface area contributed by atoms with Crippen LogP contribution in [-0.4, -0.2) is 63.2 Å². The number of nitrogens with one attached hydrogen (secondary N) is 1. The fraction of sp³-hybridized carbons (Fsp3) is 0.444. The number of aliphatic imine (C=N–C) groups is 1. The Kier molecular flexibility index (Phi) is 8.43. The van der Waals surface area contributed by atoms with Gasteiger partial charge < -0.3 is 20.0 Å². The summed E-state index contributed by atoms with van der Waals surface area (Å²) in [7, 11) is 5.84. The van der Waals surface area contributed by atoms with Crippen LogP contribution in [0, 0.1) is 0 Å². The van der Waals surface area contributed by atoms with Crippen LogP contribution in [0.15, 0.2) is 34.6 Å². The predicted octanol–water partition coefficient (Wildman–Crippen LogP) is 3.38. The molecule has 0 atom stereocenters. The van der Waals surface area contributed by atoms with E-state index in [0.717, 1.165) is 53.7 Å². The summed E-state index contributed by atoms with van der Waals surface area (Å²) in [6, 6.07) is 8.02. The van der Waals surface area contributed by atoms with Gasteiger partial charge in [0.05, 0.1) is 22.9 Å². The largest absolute Gasteiger partial charge is 0.367 e. The van der Waals surface area contributed by atoms with Crippen molar-refractivity contribution in [1.29, 1.82) is 0 Å². The smallest absolute Gasteiger partial charge is 0.194 e. The van der Waals surface area contributed by atoms with E-state index < -0.39 is 0 Å². The van der Waals surface area contributed by atoms with Crippen LogP contribution in [0.2, 0.25) is 5.02 Å². The quantitative estimate of drug-likeness (QED) is 0.381. The molecule has 1 aliphatic heterocycles. The van der Waals surface area contributed by atoms with Gasteiger partial charge in [-0.15, -0.1) is 35.3 Å². The summed E-state index contributed by atoms with van der Waals surface area (Å²) in [5.74, 6) is 0.920. The van der Waals surface area contributed by atoms with Crippen molar-refractivity contribution in [3.05, 3.63) is 40.4 Å². The lowest BCUT2D eigenvalue weighted by Gasteiger charge is -2.38. The molecule has 2 aromatic rings. The van der Waals surface area contributed by atoms with E-state index in [4.69, 9.17) is 11.6 Å². The number of thiazole rings is 1. The zero-order valence-electron chi connectivity index (χ0n) is 15.9. The Morgan fingerprint density at radius 3 is 2.56 bits per heavy atom. The van der Waals surface area contributed by atoms with Crippen LogP contribution < -0.4 is 15.1 Å². The van der Waals surface area contributed by atoms with Crippen LogP contribution >= 0.6 is 46.9 Å². The molecule has 0 amide bonds. The van der Waals surface area contributed by atoms with E-state index >= 15 is 0 Å². The number of rotatable bonds is 4. The van der Waals surface area contributed by atoms with Gasteiger partial charge in [0.25, 0.3) is 0 Å². The molecule has 0 bridgehead atoms. The van der Waals surface area contributed by atoms with Crippen LogP contribution in [0.1, 0.15) is 5.69 Å². The first-order valence-electron chi connectivity index (χ1n) is 8.65. The molecule has 0 aliphatic carbocycles. The lowest BCUT2D eigenvalue weighted by atomic mass is 10.2. The van der Waals surface area contributed by atoms with Crippen molar-refractivity contribution in [1.82, 2.24) is 15.2 Å². The Balaban J connectivity index is 0.00000261. The van der Waals surface area contributed by atoms with Gasteiger partial charge in [0.15, 0.2) is 11.1 Å². The number of nitrogens with zero attached hydrogens (tertiary/aromatic N) is 5. The fourth-order valence-electron chi connectivity index (χ4n) is 2.95. The molecule has 1 N–H and O–H groups in total. The molecule has 6 nitrogen and oxygen atoms in total. The zero-order chi connectivity index (χ0) is 18.5. The molecule has 1 aliphatic rings. The molecule has 9 heteroatoms. The summed E-state index contributed by atoms with van der Waals surface area (Å²) in [4.78, 5) is 15.7. The molecule has 1 fully saturated rings. The van der Waals surface area contributed by atoms with Crippen LogP contribution in [0.4, 0.5) is 10.8 Å². The molecule has 148 valence electrons. The number of halogens is 2. The maximum Gasteiger partial charge on any atom is 0.194 e. The summed E-state index contributed by atoms with van der Waals surface area (Å²) in [6.07, 6.45) is 0. The molecule has 3 rings (SSSR count). The highest BCUT2D eigenvalue weighted by Crippen LogP contribution is 2.26. The van der Waals surface area contributed by atoms with E-state index in [9.17, 15) is 0 Å². The van der Waals surface area contributed by atoms with Crippen LogP contribution in [0.3, 0.4) is 0 Å². The Morgan fingerprint density at radius 2 is 1.96 bits per heavy atom. The molecule has 0 spiro atoms. The third-order valence-corrected chi connectivity index (χ3v) is 5.71. The van der Waals surface area contributed by atoms with E-state index in [1.165, 1.54) is 0 Å². The molecule has 27 heavy (non-hydrogen) atoms. The van der Waals surface area contributed by atoms with Crippen LogP contribution in [0.25, 0.3) is 0 Å². The Morgan fingerprint density at radius 1 is 1.26 bits per heavy atom. The molecule has 2 heterocycles. The predicted molar refractivity (Wildman–Crippen MR) is 127 cm³/mol. The van der Waals surface area contributed by atoms with Gasteiger partial charge in [0, 0.05) is 52.7 Å². The number of benzene rings is 1. The molecule has 1 aromatic carbocycles. The second kappa shape index (κ2) is 10.3. The summed E-state index contributed by atoms with van der Waals surface area (Å²) in [6.45, 7) is 4.34. The minimum atomic E-state index is 0. The van der Waals surface area contributed by atoms with E-state index in [1.807, 2.05) is 44.2 Å². The first kappa shape index (κ1) is 22.0. The van der Waals surface area contributed by atoms with Gasteiger partial charge in [-0.25, -0.2) is 4.98 Å². The molecular weight excluding hydrogens is 495 g/mol. The number of para-hydroxylation sites is 1. The number of anilines is 2. The average Bonchev–Trinajstić information content (AvgIpc) is 3.13. The third-order valence-electron chi connectivity index (χ3n) is 4.33. The van der Waals surface area contributed by atoms with Crippen molar-refractivity contribution < 1.29 is 0 Å². The van der Waals surface area contributed by atoms with E-state index in [2.05, 4.69) is 36.5 Å². The zero-order valence-corrected chi connectivity index (χ0v) is 19.8. The van der Waals surface area contributed by atoms with Gasteiger partial charge in [0.2, 0.25) is 0 Å². The monoisotopic (exact) mass is 520 g/mol. The van der Waals surface area contributed by atoms with Crippen LogP contribution in [0.5, 0.6) is 0 Å². The first-order valence-corrected chi connectivity index (χ1v) is 9.91. The second-order valence-electron chi connectivity index (χ2n) is 6.34. The number of hydrogen-bond acceptors (Lipinski definition) is 5. The van der Waals surface area contributed by atoms with Crippen LogP contribution in [-0.2, 0) is 6.54 Å². The van der Waals surface area contributed by atoms with Gasteiger partial charge in [-0.1, -0.05) is 23.7 Å². The van der Waals surface area contributed by atoms with Gasteiger partial charge in [-0.05, 0) is 12.1 Å². The minimum Gasteiger partial charge on any atom is -0.367 e. The third kappa shape index (κ3) is 5.61. The highest BCUT2D eigenvalue weighted by Gasteiger charge is 2.21. The number of piperazine rings is 1. The normalized spacial score (nSPS) is 14.7. The second-order valence-corrected chi connectivity index (χ2v) is 7.59. The molecule has 0 unspecified atom stereocenters. The van der Waals surface area contributed by atoms with Gasteiger partial charge in [-0.2, -0.15) is 0 Å². The van der Waals surface area contributed by atoms with Crippen molar-refractivity contribution in [3.8, 4) is 0 Å². The van der Waals surface area contributed by atoms with Crippen molar-refractivity contribution in [2.75, 3.05) is 57.1 Å². The Bertz CT molecular complexity index is 758. The topological polar surface area (TPSA) is 47.0 Å². The summed E-state index contributed by atoms with van der Waals surface area (Å²) >= 11 is 7.98. The number of guanidine groups is 1. The Labute approximate surface area is 187 Å². The molecule has 0 saturated carbocycles. The molecule has 1 aromatic heterocycles. The average molecular weight is 521 g/mol. The maximum atomic E-state index is 6.32. The highest BCUT2D eigenvalue weighted by molar-refractivity contribution is 14.0. The van der Waals surface area contributed by atoms with E-state index in [1.54, 1.807) is 11.3 Å². The maximum absolute atomic E-state index is 6.32.